The maximum Gasteiger partial charge on any atom is 0.268 e. The van der Waals surface area contributed by atoms with E-state index in [0.717, 1.165) is 3.57 Å². The molecular weight excluding hydrogens is 457 g/mol. The number of carbonyl (C=O) groups is 2. The second kappa shape index (κ2) is 7.17. The fourth-order valence-corrected chi connectivity index (χ4v) is 3.47. The van der Waals surface area contributed by atoms with Crippen molar-refractivity contribution in [1.82, 2.24) is 15.2 Å². The van der Waals surface area contributed by atoms with E-state index in [2.05, 4.69) is 39.5 Å². The number of halogens is 2. The molecule has 1 aromatic heterocycles. The number of H-pyrrole nitrogens is 1. The van der Waals surface area contributed by atoms with Gasteiger partial charge in [-0.15, -0.1) is 0 Å². The molecule has 0 aliphatic carbocycles. The van der Waals surface area contributed by atoms with Crippen molar-refractivity contribution in [3.05, 3.63) is 55.4 Å². The number of nitrogens with zero attached hydrogens (tertiary/aromatic N) is 1. The molecule has 1 saturated heterocycles. The van der Waals surface area contributed by atoms with Gasteiger partial charge < -0.3 is 15.2 Å². The monoisotopic (exact) mass is 471 g/mol. The first-order valence-electron chi connectivity index (χ1n) is 7.63. The van der Waals surface area contributed by atoms with E-state index in [1.54, 1.807) is 17.0 Å². The van der Waals surface area contributed by atoms with Crippen LogP contribution in [0.5, 0.6) is 0 Å². The van der Waals surface area contributed by atoms with Gasteiger partial charge in [-0.1, -0.05) is 18.2 Å². The van der Waals surface area contributed by atoms with Crippen molar-refractivity contribution in [3.63, 3.8) is 0 Å². The SMILES string of the molecule is C=CC(=O)N1CC[C@@H](NC(=O)c2cc(=O)c3cc(Cl)c(I)cc3[nH]2)C1. The lowest BCUT2D eigenvalue weighted by molar-refractivity contribution is -0.125. The summed E-state index contributed by atoms with van der Waals surface area (Å²) in [6.07, 6.45) is 1.93. The Labute approximate surface area is 162 Å². The molecule has 2 heterocycles. The van der Waals surface area contributed by atoms with Crippen molar-refractivity contribution in [2.24, 2.45) is 0 Å². The van der Waals surface area contributed by atoms with Crippen LogP contribution in [0.3, 0.4) is 0 Å². The fraction of sp³-hybridized carbons (Fsp3) is 0.235. The maximum absolute atomic E-state index is 12.5. The van der Waals surface area contributed by atoms with Crippen LogP contribution in [0.25, 0.3) is 10.9 Å². The van der Waals surface area contributed by atoms with Crippen molar-refractivity contribution < 1.29 is 9.59 Å². The summed E-state index contributed by atoms with van der Waals surface area (Å²) < 4.78 is 0.786. The van der Waals surface area contributed by atoms with Crippen LogP contribution in [0.4, 0.5) is 0 Å². The van der Waals surface area contributed by atoms with Gasteiger partial charge >= 0.3 is 0 Å². The van der Waals surface area contributed by atoms with E-state index in [-0.39, 0.29) is 29.0 Å². The number of carbonyl (C=O) groups excluding carboxylic acids is 2. The minimum atomic E-state index is -0.373. The molecule has 2 amide bonds. The van der Waals surface area contributed by atoms with Crippen LogP contribution in [0.2, 0.25) is 5.02 Å². The molecule has 1 aliphatic heterocycles. The fourth-order valence-electron chi connectivity index (χ4n) is 2.84. The number of fused-ring (bicyclic) bond motifs is 1. The average molecular weight is 472 g/mol. The van der Waals surface area contributed by atoms with Gasteiger partial charge in [0, 0.05) is 34.2 Å². The highest BCUT2D eigenvalue weighted by Gasteiger charge is 2.26. The molecule has 8 heteroatoms. The van der Waals surface area contributed by atoms with Gasteiger partial charge in [0.05, 0.1) is 10.5 Å². The zero-order valence-electron chi connectivity index (χ0n) is 13.1. The van der Waals surface area contributed by atoms with Crippen molar-refractivity contribution in [2.75, 3.05) is 13.1 Å². The number of aromatic amines is 1. The van der Waals surface area contributed by atoms with E-state index in [1.807, 2.05) is 0 Å². The molecule has 0 saturated carbocycles. The van der Waals surface area contributed by atoms with Gasteiger partial charge in [0.25, 0.3) is 5.91 Å². The molecule has 2 aromatic rings. The van der Waals surface area contributed by atoms with Crippen LogP contribution >= 0.6 is 34.2 Å². The average Bonchev–Trinajstić information content (AvgIpc) is 3.04. The lowest BCUT2D eigenvalue weighted by atomic mass is 10.2. The summed E-state index contributed by atoms with van der Waals surface area (Å²) >= 11 is 8.11. The van der Waals surface area contributed by atoms with Crippen LogP contribution in [0, 0.1) is 3.57 Å². The Hall–Kier alpha value is -1.87. The first-order chi connectivity index (χ1) is 11.9. The second-order valence-corrected chi connectivity index (χ2v) is 7.38. The Balaban J connectivity index is 1.81. The molecule has 3 rings (SSSR count). The lowest BCUT2D eigenvalue weighted by Gasteiger charge is -2.15. The number of hydrogen-bond donors (Lipinski definition) is 2. The second-order valence-electron chi connectivity index (χ2n) is 5.81. The van der Waals surface area contributed by atoms with E-state index in [9.17, 15) is 14.4 Å². The zero-order valence-corrected chi connectivity index (χ0v) is 16.1. The summed E-state index contributed by atoms with van der Waals surface area (Å²) in [5, 5.41) is 3.79. The summed E-state index contributed by atoms with van der Waals surface area (Å²) in [4.78, 5) is 40.9. The Bertz CT molecular complexity index is 941. The highest BCUT2D eigenvalue weighted by Crippen LogP contribution is 2.22. The largest absolute Gasteiger partial charge is 0.350 e. The number of likely N-dealkylation sites (tertiary alicyclic amines) is 1. The van der Waals surface area contributed by atoms with Crippen molar-refractivity contribution in [2.45, 2.75) is 12.5 Å². The van der Waals surface area contributed by atoms with Crippen LogP contribution in [0.1, 0.15) is 16.9 Å². The maximum atomic E-state index is 12.5. The molecule has 1 aliphatic rings. The van der Waals surface area contributed by atoms with E-state index >= 15 is 0 Å². The molecule has 1 fully saturated rings. The van der Waals surface area contributed by atoms with Gasteiger partial charge in [-0.3, -0.25) is 14.4 Å². The summed E-state index contributed by atoms with van der Waals surface area (Å²) in [5.74, 6) is -0.524. The van der Waals surface area contributed by atoms with Crippen LogP contribution in [0.15, 0.2) is 35.6 Å². The minimum Gasteiger partial charge on any atom is -0.350 e. The van der Waals surface area contributed by atoms with E-state index in [1.165, 1.54) is 12.1 Å². The number of aromatic nitrogens is 1. The molecule has 0 spiro atoms. The molecule has 130 valence electrons. The standard InChI is InChI=1S/C17H15ClIN3O3/c1-2-16(24)22-4-3-9(8-22)20-17(25)14-7-15(23)10-5-11(18)12(19)6-13(10)21-14/h2,5-7,9H,1,3-4,8H2,(H,20,25)(H,21,23)/t9-/m1/s1. The van der Waals surface area contributed by atoms with Gasteiger partial charge in [-0.05, 0) is 47.2 Å². The number of nitrogens with one attached hydrogen (secondary N) is 2. The van der Waals surface area contributed by atoms with Gasteiger partial charge in [-0.25, -0.2) is 0 Å². The van der Waals surface area contributed by atoms with Gasteiger partial charge in [0.1, 0.15) is 5.69 Å². The van der Waals surface area contributed by atoms with Crippen molar-refractivity contribution >= 4 is 56.9 Å². The van der Waals surface area contributed by atoms with Gasteiger partial charge in [0.2, 0.25) is 5.91 Å². The Morgan fingerprint density at radius 3 is 2.88 bits per heavy atom. The Morgan fingerprint density at radius 2 is 2.16 bits per heavy atom. The van der Waals surface area contributed by atoms with E-state index < -0.39 is 0 Å². The number of hydrogen-bond acceptors (Lipinski definition) is 3. The molecule has 0 unspecified atom stereocenters. The first-order valence-corrected chi connectivity index (χ1v) is 9.09. The number of benzene rings is 1. The normalized spacial score (nSPS) is 16.9. The highest BCUT2D eigenvalue weighted by molar-refractivity contribution is 14.1. The summed E-state index contributed by atoms with van der Waals surface area (Å²) in [5.41, 5.74) is 0.470. The lowest BCUT2D eigenvalue weighted by Crippen LogP contribution is -2.38. The number of amides is 2. The molecule has 1 atom stereocenters. The summed E-state index contributed by atoms with van der Waals surface area (Å²) in [6, 6.07) is 4.44. The molecule has 0 radical (unpaired) electrons. The van der Waals surface area contributed by atoms with Crippen LogP contribution in [-0.4, -0.2) is 40.8 Å². The molecular formula is C17H15ClIN3O3. The van der Waals surface area contributed by atoms with Gasteiger partial charge in [0.15, 0.2) is 5.43 Å². The van der Waals surface area contributed by atoms with Crippen molar-refractivity contribution in [3.8, 4) is 0 Å². The molecule has 1 aromatic carbocycles. The van der Waals surface area contributed by atoms with Crippen molar-refractivity contribution in [1.29, 1.82) is 0 Å². The van der Waals surface area contributed by atoms with E-state index in [4.69, 9.17) is 11.6 Å². The highest BCUT2D eigenvalue weighted by atomic mass is 127. The third-order valence-electron chi connectivity index (χ3n) is 4.13. The molecule has 0 bridgehead atoms. The number of pyridine rings is 1. The summed E-state index contributed by atoms with van der Waals surface area (Å²) in [7, 11) is 0. The molecule has 25 heavy (non-hydrogen) atoms. The zero-order chi connectivity index (χ0) is 18.1. The smallest absolute Gasteiger partial charge is 0.268 e. The van der Waals surface area contributed by atoms with Crippen LogP contribution in [-0.2, 0) is 4.79 Å². The predicted octanol–water partition coefficient (Wildman–Crippen LogP) is 2.30. The third-order valence-corrected chi connectivity index (χ3v) is 5.65. The quantitative estimate of drug-likeness (QED) is 0.532. The van der Waals surface area contributed by atoms with Gasteiger partial charge in [-0.2, -0.15) is 0 Å². The number of rotatable bonds is 3. The third kappa shape index (κ3) is 3.72. The first kappa shape index (κ1) is 17.9. The molecule has 2 N–H and O–H groups in total. The molecule has 6 nitrogen and oxygen atoms in total. The van der Waals surface area contributed by atoms with Crippen LogP contribution < -0.4 is 10.7 Å². The Morgan fingerprint density at radius 1 is 1.40 bits per heavy atom. The minimum absolute atomic E-state index is 0.151. The predicted molar refractivity (Wildman–Crippen MR) is 105 cm³/mol. The Kier molecular flexibility index (Phi) is 5.14. The van der Waals surface area contributed by atoms with E-state index in [0.29, 0.717) is 35.4 Å². The summed E-state index contributed by atoms with van der Waals surface area (Å²) in [6.45, 7) is 4.46. The topological polar surface area (TPSA) is 82.3 Å².